The molecule has 0 fully saturated rings. The van der Waals surface area contributed by atoms with E-state index in [0.29, 0.717) is 27.2 Å². The number of aromatic hydroxyl groups is 1. The van der Waals surface area contributed by atoms with Crippen LogP contribution < -0.4 is 10.3 Å². The zero-order valence-electron chi connectivity index (χ0n) is 12.5. The highest BCUT2D eigenvalue weighted by Crippen LogP contribution is 2.29. The number of H-pyrrole nitrogens is 1. The van der Waals surface area contributed by atoms with Gasteiger partial charge in [-0.1, -0.05) is 29.3 Å². The summed E-state index contributed by atoms with van der Waals surface area (Å²) in [6.07, 6.45) is 1.61. The van der Waals surface area contributed by atoms with Gasteiger partial charge in [0, 0.05) is 5.02 Å². The fourth-order valence-electron chi connectivity index (χ4n) is 2.22. The van der Waals surface area contributed by atoms with Crippen LogP contribution in [-0.2, 0) is 0 Å². The zero-order valence-corrected chi connectivity index (χ0v) is 14.0. The van der Waals surface area contributed by atoms with Crippen LogP contribution in [-0.4, -0.2) is 22.2 Å². The average molecular weight is 363 g/mol. The monoisotopic (exact) mass is 362 g/mol. The molecule has 0 unspecified atom stereocenters. The summed E-state index contributed by atoms with van der Waals surface area (Å²) in [7, 11) is 1.45. The van der Waals surface area contributed by atoms with Gasteiger partial charge in [0.25, 0.3) is 5.56 Å². The number of halogens is 2. The van der Waals surface area contributed by atoms with Gasteiger partial charge in [0.05, 0.1) is 23.0 Å². The summed E-state index contributed by atoms with van der Waals surface area (Å²) in [5.74, 6) is 0.570. The van der Waals surface area contributed by atoms with Crippen LogP contribution in [0.15, 0.2) is 41.2 Å². The number of hydrogen-bond donors (Lipinski definition) is 2. The van der Waals surface area contributed by atoms with Crippen molar-refractivity contribution in [2.45, 2.75) is 0 Å². The molecule has 7 heteroatoms. The van der Waals surface area contributed by atoms with Crippen LogP contribution in [0.2, 0.25) is 5.02 Å². The van der Waals surface area contributed by atoms with Crippen LogP contribution in [0.5, 0.6) is 11.5 Å². The van der Waals surface area contributed by atoms with E-state index in [1.807, 2.05) is 0 Å². The van der Waals surface area contributed by atoms with Gasteiger partial charge in [0.2, 0.25) is 0 Å². The van der Waals surface area contributed by atoms with Crippen molar-refractivity contribution in [3.05, 3.63) is 63.2 Å². The smallest absolute Gasteiger partial charge is 0.259 e. The van der Waals surface area contributed by atoms with E-state index in [2.05, 4.69) is 9.97 Å². The third kappa shape index (κ3) is 3.22. The Kier molecular flexibility index (Phi) is 4.46. The van der Waals surface area contributed by atoms with Gasteiger partial charge in [0.15, 0.2) is 17.3 Å². The first-order valence-corrected chi connectivity index (χ1v) is 7.67. The minimum atomic E-state index is -0.304. The molecule has 0 aliphatic rings. The number of rotatable bonds is 3. The molecule has 0 spiro atoms. The molecule has 24 heavy (non-hydrogen) atoms. The van der Waals surface area contributed by atoms with Crippen LogP contribution in [0.25, 0.3) is 22.0 Å². The van der Waals surface area contributed by atoms with E-state index in [0.717, 1.165) is 0 Å². The number of nitrogens with zero attached hydrogens (tertiary/aromatic N) is 1. The molecule has 2 N–H and O–H groups in total. The Balaban J connectivity index is 2.07. The Hall–Kier alpha value is -2.50. The molecule has 1 heterocycles. The molecule has 0 atom stereocenters. The van der Waals surface area contributed by atoms with Crippen molar-refractivity contribution in [1.29, 1.82) is 0 Å². The van der Waals surface area contributed by atoms with Crippen molar-refractivity contribution in [3.63, 3.8) is 0 Å². The normalized spacial score (nSPS) is 11.7. The van der Waals surface area contributed by atoms with Crippen LogP contribution in [0.3, 0.4) is 0 Å². The van der Waals surface area contributed by atoms with Crippen molar-refractivity contribution >= 4 is 45.2 Å². The molecule has 1 aromatic heterocycles. The Morgan fingerprint density at radius 1 is 1.29 bits per heavy atom. The maximum Gasteiger partial charge on any atom is 0.259 e. The van der Waals surface area contributed by atoms with Gasteiger partial charge in [-0.25, -0.2) is 4.98 Å². The lowest BCUT2D eigenvalue weighted by molar-refractivity contribution is 0.373. The number of methoxy groups -OCH3 is 1. The number of hydrogen-bond acceptors (Lipinski definition) is 4. The van der Waals surface area contributed by atoms with E-state index >= 15 is 0 Å². The molecule has 0 aliphatic heterocycles. The van der Waals surface area contributed by atoms with Gasteiger partial charge in [-0.2, -0.15) is 0 Å². The number of aromatic amines is 1. The highest BCUT2D eigenvalue weighted by molar-refractivity contribution is 6.50. The molecule has 0 saturated heterocycles. The summed E-state index contributed by atoms with van der Waals surface area (Å²) in [5.41, 5.74) is 0.834. The predicted octanol–water partition coefficient (Wildman–Crippen LogP) is 4.03. The molecule has 0 aliphatic carbocycles. The first-order valence-electron chi connectivity index (χ1n) is 6.92. The quantitative estimate of drug-likeness (QED) is 0.737. The molecular formula is C17H12Cl2N2O3. The molecule has 2 aromatic carbocycles. The van der Waals surface area contributed by atoms with E-state index in [4.69, 9.17) is 27.9 Å². The van der Waals surface area contributed by atoms with Gasteiger partial charge < -0.3 is 14.8 Å². The third-order valence-electron chi connectivity index (χ3n) is 3.39. The van der Waals surface area contributed by atoms with Crippen LogP contribution in [0, 0.1) is 0 Å². The molecule has 5 nitrogen and oxygen atoms in total. The lowest BCUT2D eigenvalue weighted by Gasteiger charge is -2.05. The third-order valence-corrected chi connectivity index (χ3v) is 3.92. The van der Waals surface area contributed by atoms with E-state index in [1.54, 1.807) is 36.4 Å². The second-order valence-corrected chi connectivity index (χ2v) is 5.84. The van der Waals surface area contributed by atoms with Gasteiger partial charge in [0.1, 0.15) is 0 Å². The minimum absolute atomic E-state index is 0.0256. The molecule has 3 aromatic rings. The SMILES string of the molecule is COc1cc(C=C(Cl)c2nc3cc(Cl)ccc3c(=O)[nH]2)ccc1O. The fraction of sp³-hybridized carbons (Fsp3) is 0.0588. The number of fused-ring (bicyclic) bond motifs is 1. The Morgan fingerprint density at radius 2 is 2.08 bits per heavy atom. The summed E-state index contributed by atoms with van der Waals surface area (Å²) < 4.78 is 5.05. The maximum absolute atomic E-state index is 12.1. The number of ether oxygens (including phenoxy) is 1. The predicted molar refractivity (Wildman–Crippen MR) is 95.8 cm³/mol. The van der Waals surface area contributed by atoms with Crippen LogP contribution in [0.4, 0.5) is 0 Å². The van der Waals surface area contributed by atoms with Gasteiger partial charge >= 0.3 is 0 Å². The lowest BCUT2D eigenvalue weighted by atomic mass is 10.2. The minimum Gasteiger partial charge on any atom is -0.504 e. The highest BCUT2D eigenvalue weighted by Gasteiger charge is 2.08. The summed E-state index contributed by atoms with van der Waals surface area (Å²) in [4.78, 5) is 19.1. The second kappa shape index (κ2) is 6.55. The largest absolute Gasteiger partial charge is 0.504 e. The van der Waals surface area contributed by atoms with E-state index in [-0.39, 0.29) is 22.2 Å². The van der Waals surface area contributed by atoms with Crippen molar-refractivity contribution in [2.75, 3.05) is 7.11 Å². The fourth-order valence-corrected chi connectivity index (χ4v) is 2.61. The van der Waals surface area contributed by atoms with Crippen molar-refractivity contribution in [2.24, 2.45) is 0 Å². The zero-order chi connectivity index (χ0) is 17.3. The average Bonchev–Trinajstić information content (AvgIpc) is 2.56. The second-order valence-electron chi connectivity index (χ2n) is 5.00. The molecule has 0 radical (unpaired) electrons. The van der Waals surface area contributed by atoms with Crippen molar-refractivity contribution in [3.8, 4) is 11.5 Å². The number of nitrogens with one attached hydrogen (secondary N) is 1. The summed E-state index contributed by atoms with van der Waals surface area (Å²) >= 11 is 12.2. The Labute approximate surface area is 147 Å². The standard InChI is InChI=1S/C17H12Cl2N2O3/c1-24-15-7-9(2-5-14(15)22)6-12(19)16-20-13-8-10(18)3-4-11(13)17(23)21-16/h2-8,22H,1H3,(H,20,21,23). The number of aromatic nitrogens is 2. The summed E-state index contributed by atoms with van der Waals surface area (Å²) in [6.45, 7) is 0. The number of phenols is 1. The van der Waals surface area contributed by atoms with Gasteiger partial charge in [-0.15, -0.1) is 0 Å². The summed E-state index contributed by atoms with van der Waals surface area (Å²) in [6, 6.07) is 9.61. The molecule has 0 amide bonds. The van der Waals surface area contributed by atoms with E-state index < -0.39 is 0 Å². The first kappa shape index (κ1) is 16.4. The lowest BCUT2D eigenvalue weighted by Crippen LogP contribution is -2.10. The van der Waals surface area contributed by atoms with Crippen LogP contribution in [0.1, 0.15) is 11.4 Å². The molecule has 122 valence electrons. The number of phenolic OH excluding ortho intramolecular Hbond substituents is 1. The molecule has 0 saturated carbocycles. The van der Waals surface area contributed by atoms with E-state index in [1.165, 1.54) is 13.2 Å². The molecular weight excluding hydrogens is 351 g/mol. The Bertz CT molecular complexity index is 1010. The number of benzene rings is 2. The summed E-state index contributed by atoms with van der Waals surface area (Å²) in [5, 5.41) is 10.8. The van der Waals surface area contributed by atoms with Gasteiger partial charge in [-0.3, -0.25) is 4.79 Å². The highest BCUT2D eigenvalue weighted by atomic mass is 35.5. The topological polar surface area (TPSA) is 75.2 Å². The Morgan fingerprint density at radius 3 is 2.83 bits per heavy atom. The molecule has 0 bridgehead atoms. The van der Waals surface area contributed by atoms with E-state index in [9.17, 15) is 9.90 Å². The maximum atomic E-state index is 12.1. The van der Waals surface area contributed by atoms with Crippen LogP contribution >= 0.6 is 23.2 Å². The van der Waals surface area contributed by atoms with Crippen molar-refractivity contribution < 1.29 is 9.84 Å². The first-order chi connectivity index (χ1) is 11.5. The van der Waals surface area contributed by atoms with Gasteiger partial charge in [-0.05, 0) is 42.0 Å². The van der Waals surface area contributed by atoms with Crippen molar-refractivity contribution in [1.82, 2.24) is 9.97 Å². The molecule has 3 rings (SSSR count).